The molecule has 1 radical (unpaired) electrons. The fourth-order valence-electron chi connectivity index (χ4n) is 2.79. The topological polar surface area (TPSA) is 12.0 Å². The Morgan fingerprint density at radius 3 is 2.19 bits per heavy atom. The molecule has 1 rings (SSSR count). The van der Waals surface area contributed by atoms with Crippen LogP contribution in [0.25, 0.3) is 0 Å². The molecule has 0 heterocycles. The number of benzene rings is 1. The summed E-state index contributed by atoms with van der Waals surface area (Å²) in [7, 11) is 0. The smallest absolute Gasteiger partial charge is 0.0340 e. The molecule has 0 aliphatic heterocycles. The first-order chi connectivity index (χ1) is 10.2. The molecule has 0 saturated heterocycles. The Morgan fingerprint density at radius 2 is 1.52 bits per heavy atom. The highest BCUT2D eigenvalue weighted by atomic mass is 14.9. The molecule has 0 aliphatic carbocycles. The highest BCUT2D eigenvalue weighted by Crippen LogP contribution is 2.19. The monoisotopic (exact) mass is 288 g/mol. The van der Waals surface area contributed by atoms with Crippen LogP contribution in [0.4, 0.5) is 5.69 Å². The van der Waals surface area contributed by atoms with Crippen LogP contribution in [0.3, 0.4) is 0 Å². The van der Waals surface area contributed by atoms with Crippen LogP contribution in [0, 0.1) is 18.3 Å². The van der Waals surface area contributed by atoms with Gasteiger partial charge in [-0.15, -0.1) is 0 Å². The lowest BCUT2D eigenvalue weighted by atomic mass is 9.93. The molecule has 1 aromatic carbocycles. The maximum atomic E-state index is 3.51. The van der Waals surface area contributed by atoms with Gasteiger partial charge in [-0.2, -0.15) is 0 Å². The van der Waals surface area contributed by atoms with Crippen molar-refractivity contribution in [2.75, 3.05) is 11.9 Å². The summed E-state index contributed by atoms with van der Waals surface area (Å²) in [5.41, 5.74) is 1.24. The largest absolute Gasteiger partial charge is 0.385 e. The molecule has 0 saturated carbocycles. The van der Waals surface area contributed by atoms with Crippen molar-refractivity contribution >= 4 is 5.69 Å². The quantitative estimate of drug-likeness (QED) is 0.443. The number of para-hydroxylation sites is 1. The van der Waals surface area contributed by atoms with Gasteiger partial charge >= 0.3 is 0 Å². The molecule has 1 heteroatoms. The van der Waals surface area contributed by atoms with E-state index in [9.17, 15) is 0 Å². The predicted molar refractivity (Wildman–Crippen MR) is 95.6 cm³/mol. The van der Waals surface area contributed by atoms with Gasteiger partial charge in [0.05, 0.1) is 0 Å². The summed E-state index contributed by atoms with van der Waals surface area (Å²) in [5.74, 6) is 1.73. The Kier molecular flexibility index (Phi) is 10.0. The van der Waals surface area contributed by atoms with E-state index in [1.807, 2.05) is 0 Å². The van der Waals surface area contributed by atoms with Crippen LogP contribution in [0.5, 0.6) is 0 Å². The van der Waals surface area contributed by atoms with Crippen molar-refractivity contribution in [2.24, 2.45) is 11.8 Å². The molecule has 119 valence electrons. The van der Waals surface area contributed by atoms with Crippen molar-refractivity contribution in [1.82, 2.24) is 0 Å². The van der Waals surface area contributed by atoms with Crippen LogP contribution >= 0.6 is 0 Å². The van der Waals surface area contributed by atoms with E-state index in [1.54, 1.807) is 0 Å². The summed E-state index contributed by atoms with van der Waals surface area (Å²) in [6.45, 7) is 8.06. The van der Waals surface area contributed by atoms with Gasteiger partial charge in [0.15, 0.2) is 0 Å². The van der Waals surface area contributed by atoms with Crippen LogP contribution in [-0.2, 0) is 0 Å². The fourth-order valence-corrected chi connectivity index (χ4v) is 2.79. The summed E-state index contributed by atoms with van der Waals surface area (Å²) in [6, 6.07) is 10.5. The van der Waals surface area contributed by atoms with Crippen molar-refractivity contribution in [2.45, 2.75) is 65.7 Å². The van der Waals surface area contributed by atoms with E-state index in [-0.39, 0.29) is 0 Å². The zero-order chi connectivity index (χ0) is 15.3. The number of hydrogen-bond acceptors (Lipinski definition) is 1. The fraction of sp³-hybridized carbons (Fsp3) is 0.650. The van der Waals surface area contributed by atoms with Crippen LogP contribution in [0.2, 0.25) is 0 Å². The maximum absolute atomic E-state index is 3.51. The van der Waals surface area contributed by atoms with Crippen LogP contribution < -0.4 is 5.32 Å². The Bertz CT molecular complexity index is 333. The van der Waals surface area contributed by atoms with E-state index in [4.69, 9.17) is 0 Å². The summed E-state index contributed by atoms with van der Waals surface area (Å²) in [6.07, 6.45) is 11.8. The predicted octanol–water partition coefficient (Wildman–Crippen LogP) is 6.33. The Balaban J connectivity index is 1.99. The van der Waals surface area contributed by atoms with Gasteiger partial charge in [-0.25, -0.2) is 0 Å². The van der Waals surface area contributed by atoms with Crippen molar-refractivity contribution in [1.29, 1.82) is 0 Å². The lowest BCUT2D eigenvalue weighted by molar-refractivity contribution is 0.409. The van der Waals surface area contributed by atoms with Crippen molar-refractivity contribution in [3.8, 4) is 0 Å². The van der Waals surface area contributed by atoms with Crippen molar-refractivity contribution in [3.05, 3.63) is 36.8 Å². The molecule has 2 atom stereocenters. The van der Waals surface area contributed by atoms with Crippen LogP contribution in [0.15, 0.2) is 30.3 Å². The third-order valence-corrected chi connectivity index (χ3v) is 4.32. The highest BCUT2D eigenvalue weighted by molar-refractivity contribution is 5.42. The van der Waals surface area contributed by atoms with Gasteiger partial charge in [0.25, 0.3) is 0 Å². The Hall–Kier alpha value is -0.980. The second-order valence-corrected chi connectivity index (χ2v) is 6.56. The lowest BCUT2D eigenvalue weighted by Gasteiger charge is -2.15. The molecule has 0 aliphatic rings. The first kappa shape index (κ1) is 18.1. The third kappa shape index (κ3) is 9.55. The van der Waals surface area contributed by atoms with E-state index < -0.39 is 0 Å². The van der Waals surface area contributed by atoms with E-state index in [2.05, 4.69) is 62.8 Å². The van der Waals surface area contributed by atoms with Gasteiger partial charge in [0.1, 0.15) is 0 Å². The maximum Gasteiger partial charge on any atom is 0.0340 e. The first-order valence-corrected chi connectivity index (χ1v) is 8.79. The third-order valence-electron chi connectivity index (χ3n) is 4.32. The van der Waals surface area contributed by atoms with E-state index in [1.165, 1.54) is 50.6 Å². The van der Waals surface area contributed by atoms with Gasteiger partial charge in [0, 0.05) is 12.2 Å². The average molecular weight is 288 g/mol. The van der Waals surface area contributed by atoms with Crippen molar-refractivity contribution < 1.29 is 0 Å². The molecular weight excluding hydrogens is 254 g/mol. The van der Waals surface area contributed by atoms with Crippen molar-refractivity contribution in [3.63, 3.8) is 0 Å². The minimum atomic E-state index is 0.831. The van der Waals surface area contributed by atoms with E-state index in [0.717, 1.165) is 18.4 Å². The highest BCUT2D eigenvalue weighted by Gasteiger charge is 2.05. The standard InChI is InChI=1S/C20H34N/c1-4-5-7-11-18(2)12-10-13-19(3)16-17-21-20-14-8-6-9-15-20/h4,6,8-9,14-15,18-19,21H,5,7,10-13,16-17H2,1-3H3. The SMILES string of the molecule is C[CH]CCCC(C)CCCC(C)CCNc1ccccc1. The minimum absolute atomic E-state index is 0.831. The molecule has 2 unspecified atom stereocenters. The molecule has 1 nitrogen and oxygen atoms in total. The molecular formula is C20H34N. The molecule has 1 N–H and O–H groups in total. The summed E-state index contributed by atoms with van der Waals surface area (Å²) >= 11 is 0. The van der Waals surface area contributed by atoms with Gasteiger partial charge < -0.3 is 5.32 Å². The van der Waals surface area contributed by atoms with E-state index >= 15 is 0 Å². The molecule has 0 fully saturated rings. The van der Waals surface area contributed by atoms with Gasteiger partial charge in [-0.05, 0) is 36.8 Å². The molecule has 0 aromatic heterocycles. The Morgan fingerprint density at radius 1 is 0.905 bits per heavy atom. The second-order valence-electron chi connectivity index (χ2n) is 6.56. The molecule has 21 heavy (non-hydrogen) atoms. The molecule has 0 spiro atoms. The summed E-state index contributed by atoms with van der Waals surface area (Å²) in [4.78, 5) is 0. The summed E-state index contributed by atoms with van der Waals surface area (Å²) < 4.78 is 0. The zero-order valence-electron chi connectivity index (χ0n) is 14.3. The van der Waals surface area contributed by atoms with E-state index in [0.29, 0.717) is 0 Å². The minimum Gasteiger partial charge on any atom is -0.385 e. The lowest BCUT2D eigenvalue weighted by Crippen LogP contribution is -2.07. The second kappa shape index (κ2) is 11.7. The van der Waals surface area contributed by atoms with Crippen LogP contribution in [0.1, 0.15) is 65.7 Å². The normalized spacial score (nSPS) is 13.9. The number of hydrogen-bond donors (Lipinski definition) is 1. The molecule has 0 amide bonds. The zero-order valence-corrected chi connectivity index (χ0v) is 14.3. The Labute approximate surface area is 132 Å². The molecule has 1 aromatic rings. The van der Waals surface area contributed by atoms with Gasteiger partial charge in [0.2, 0.25) is 0 Å². The number of nitrogens with one attached hydrogen (secondary N) is 1. The summed E-state index contributed by atoms with van der Waals surface area (Å²) in [5, 5.41) is 3.51. The number of rotatable bonds is 12. The van der Waals surface area contributed by atoms with Crippen LogP contribution in [-0.4, -0.2) is 6.54 Å². The number of unbranched alkanes of at least 4 members (excludes halogenated alkanes) is 2. The van der Waals surface area contributed by atoms with Gasteiger partial charge in [-0.3, -0.25) is 0 Å². The van der Waals surface area contributed by atoms with Gasteiger partial charge in [-0.1, -0.05) is 77.5 Å². The number of anilines is 1. The molecule has 0 bridgehead atoms. The first-order valence-electron chi connectivity index (χ1n) is 8.79. The average Bonchev–Trinajstić information content (AvgIpc) is 2.48.